The zero-order valence-corrected chi connectivity index (χ0v) is 32.2. The molecule has 1 unspecified atom stereocenters. The number of likely N-dealkylation sites (tertiary alicyclic amines) is 1. The minimum absolute atomic E-state index is 0.229. The van der Waals surface area contributed by atoms with E-state index in [-0.39, 0.29) is 17.5 Å². The lowest BCUT2D eigenvalue weighted by atomic mass is 9.90. The van der Waals surface area contributed by atoms with E-state index in [1.807, 2.05) is 37.5 Å². The van der Waals surface area contributed by atoms with Gasteiger partial charge in [-0.25, -0.2) is 9.50 Å². The highest BCUT2D eigenvalue weighted by atomic mass is 35.5. The van der Waals surface area contributed by atoms with Gasteiger partial charge < -0.3 is 20.7 Å². The molecular weight excluding hydrogens is 730 g/mol. The first-order valence-electron chi connectivity index (χ1n) is 19.4. The van der Waals surface area contributed by atoms with Crippen LogP contribution in [0.25, 0.3) is 16.9 Å². The lowest BCUT2D eigenvalue weighted by Gasteiger charge is -2.32. The first kappa shape index (κ1) is 37.4. The minimum atomic E-state index is -0.586. The number of ether oxygens (including phenoxy) is 1. The number of imidazole rings is 1. The number of aromatic nitrogens is 4. The SMILES string of the molecule is C1CC1.CNc1cc(N2CCc3c(-c4ccc(CN5CCC(COc6ccc(Cl)c(C7CCC(=O)NC7=O)c6)CC5)cn4)cccc32)nn2c(C(N)=O)cnc12. The van der Waals surface area contributed by atoms with Gasteiger partial charge in [0.25, 0.3) is 5.91 Å². The molecule has 6 heterocycles. The Hall–Kier alpha value is -5.53. The predicted octanol–water partition coefficient (Wildman–Crippen LogP) is 6.26. The van der Waals surface area contributed by atoms with Gasteiger partial charge in [0, 0.05) is 55.1 Å². The fourth-order valence-electron chi connectivity index (χ4n) is 7.68. The van der Waals surface area contributed by atoms with Crippen molar-refractivity contribution in [2.45, 2.75) is 63.8 Å². The van der Waals surface area contributed by atoms with Crippen LogP contribution in [-0.2, 0) is 22.6 Å². The number of nitrogens with one attached hydrogen (secondary N) is 2. The summed E-state index contributed by atoms with van der Waals surface area (Å²) < 4.78 is 7.69. The van der Waals surface area contributed by atoms with E-state index >= 15 is 0 Å². The summed E-state index contributed by atoms with van der Waals surface area (Å²) >= 11 is 6.43. The monoisotopic (exact) mass is 775 g/mol. The Morgan fingerprint density at radius 2 is 1.80 bits per heavy atom. The number of primary amides is 1. The summed E-state index contributed by atoms with van der Waals surface area (Å²) in [5.41, 5.74) is 13.3. The van der Waals surface area contributed by atoms with Crippen LogP contribution in [0.2, 0.25) is 5.02 Å². The molecule has 2 saturated heterocycles. The maximum atomic E-state index is 12.4. The molecule has 14 heteroatoms. The molecule has 3 fully saturated rings. The third-order valence-corrected chi connectivity index (χ3v) is 11.3. The lowest BCUT2D eigenvalue weighted by Crippen LogP contribution is -2.39. The van der Waals surface area contributed by atoms with Gasteiger partial charge in [-0.2, -0.15) is 0 Å². The van der Waals surface area contributed by atoms with Gasteiger partial charge in [-0.1, -0.05) is 49.1 Å². The van der Waals surface area contributed by atoms with Crippen molar-refractivity contribution in [2.24, 2.45) is 11.7 Å². The fraction of sp³-hybridized carbons (Fsp3) is 0.381. The van der Waals surface area contributed by atoms with E-state index in [4.69, 9.17) is 32.2 Å². The van der Waals surface area contributed by atoms with Crippen molar-refractivity contribution in [3.63, 3.8) is 0 Å². The van der Waals surface area contributed by atoms with Gasteiger partial charge in [0.15, 0.2) is 11.5 Å². The zero-order valence-electron chi connectivity index (χ0n) is 31.5. The molecule has 1 aliphatic carbocycles. The van der Waals surface area contributed by atoms with Crippen molar-refractivity contribution < 1.29 is 19.1 Å². The number of hydrogen-bond donors (Lipinski definition) is 3. The van der Waals surface area contributed by atoms with Crippen molar-refractivity contribution in [3.05, 3.63) is 94.4 Å². The molecular formula is C42H46ClN9O4. The molecule has 1 saturated carbocycles. The number of piperidine rings is 2. The number of carbonyl (C=O) groups excluding carboxylic acids is 3. The van der Waals surface area contributed by atoms with Gasteiger partial charge in [-0.3, -0.25) is 29.6 Å². The molecule has 3 amide bonds. The summed E-state index contributed by atoms with van der Waals surface area (Å²) in [6, 6.07) is 17.9. The van der Waals surface area contributed by atoms with Gasteiger partial charge in [0.05, 0.1) is 30.1 Å². The number of amides is 3. The number of nitrogens with two attached hydrogens (primary N) is 1. The van der Waals surface area contributed by atoms with Gasteiger partial charge in [0.2, 0.25) is 11.8 Å². The second-order valence-corrected chi connectivity index (χ2v) is 15.4. The molecule has 5 aromatic rings. The Bertz CT molecular complexity index is 2260. The van der Waals surface area contributed by atoms with Crippen molar-refractivity contribution in [3.8, 4) is 17.0 Å². The number of fused-ring (bicyclic) bond motifs is 2. The number of anilines is 3. The smallest absolute Gasteiger partial charge is 0.269 e. The van der Waals surface area contributed by atoms with E-state index in [1.165, 1.54) is 41.1 Å². The minimum Gasteiger partial charge on any atom is -0.493 e. The van der Waals surface area contributed by atoms with Crippen LogP contribution < -0.4 is 26.0 Å². The molecule has 56 heavy (non-hydrogen) atoms. The normalized spacial score (nSPS) is 18.2. The molecule has 0 radical (unpaired) electrons. The van der Waals surface area contributed by atoms with E-state index in [2.05, 4.69) is 49.7 Å². The summed E-state index contributed by atoms with van der Waals surface area (Å²) in [4.78, 5) is 49.9. The number of carbonyl (C=O) groups is 3. The lowest BCUT2D eigenvalue weighted by molar-refractivity contribution is -0.134. The van der Waals surface area contributed by atoms with Crippen LogP contribution in [0.3, 0.4) is 0 Å². The van der Waals surface area contributed by atoms with Crippen molar-refractivity contribution in [1.29, 1.82) is 0 Å². The van der Waals surface area contributed by atoms with E-state index in [0.717, 1.165) is 68.1 Å². The van der Waals surface area contributed by atoms with Crippen LogP contribution in [0.5, 0.6) is 5.75 Å². The third-order valence-electron chi connectivity index (χ3n) is 10.9. The molecule has 9 rings (SSSR count). The molecule has 0 spiro atoms. The second-order valence-electron chi connectivity index (χ2n) is 14.9. The van der Waals surface area contributed by atoms with Crippen LogP contribution in [0.1, 0.15) is 78.0 Å². The summed E-state index contributed by atoms with van der Waals surface area (Å²) in [7, 11) is 1.81. The number of imide groups is 1. The molecule has 3 aliphatic heterocycles. The number of rotatable bonds is 10. The van der Waals surface area contributed by atoms with Crippen LogP contribution >= 0.6 is 11.6 Å². The molecule has 13 nitrogen and oxygen atoms in total. The van der Waals surface area contributed by atoms with Gasteiger partial charge in [-0.05, 0) is 91.7 Å². The Morgan fingerprint density at radius 1 is 0.982 bits per heavy atom. The molecule has 0 bridgehead atoms. The highest BCUT2D eigenvalue weighted by Gasteiger charge is 2.30. The summed E-state index contributed by atoms with van der Waals surface area (Å²) in [5, 5.41) is 10.8. The van der Waals surface area contributed by atoms with E-state index in [0.29, 0.717) is 53.2 Å². The molecule has 1 atom stereocenters. The van der Waals surface area contributed by atoms with Gasteiger partial charge in [0.1, 0.15) is 11.4 Å². The molecule has 2 aromatic carbocycles. The van der Waals surface area contributed by atoms with Gasteiger partial charge >= 0.3 is 0 Å². The highest BCUT2D eigenvalue weighted by Crippen LogP contribution is 2.40. The fourth-order valence-corrected chi connectivity index (χ4v) is 7.93. The standard InChI is InChI=1S/C39H40ClN9O4.C3H6/c1-42-32-18-35(46-49-34(37(41)51)20-44-38(32)49)48-16-13-27-26(3-2-4-33(27)48)31-9-5-24(19-43-31)21-47-14-11-23(12-15-47)22-53-25-6-8-30(40)29(17-25)28-7-10-36(50)45-39(28)52;1-2-3-1/h2-6,8-9,17-20,23,28,42H,7,10-16,21-22H2,1H3,(H2,41,51)(H,45,50,52);1-3H2. The summed E-state index contributed by atoms with van der Waals surface area (Å²) in [5.74, 6) is 0.219. The van der Waals surface area contributed by atoms with Crippen LogP contribution in [-0.4, -0.2) is 75.5 Å². The van der Waals surface area contributed by atoms with Crippen LogP contribution in [0.4, 0.5) is 17.2 Å². The van der Waals surface area contributed by atoms with E-state index in [9.17, 15) is 14.4 Å². The Balaban J connectivity index is 0.00000140. The Labute approximate surface area is 330 Å². The number of nitrogens with zero attached hydrogens (tertiary/aromatic N) is 6. The van der Waals surface area contributed by atoms with E-state index < -0.39 is 11.8 Å². The second kappa shape index (κ2) is 16.3. The van der Waals surface area contributed by atoms with Gasteiger partial charge in [-0.15, -0.1) is 5.10 Å². The Morgan fingerprint density at radius 3 is 2.52 bits per heavy atom. The topological polar surface area (TPSA) is 160 Å². The highest BCUT2D eigenvalue weighted by molar-refractivity contribution is 6.31. The number of halogens is 1. The average Bonchev–Trinajstić information content (AvgIpc) is 3.93. The molecule has 3 aromatic heterocycles. The van der Waals surface area contributed by atoms with Crippen molar-refractivity contribution in [1.82, 2.24) is 29.8 Å². The third kappa shape index (κ3) is 8.05. The summed E-state index contributed by atoms with van der Waals surface area (Å²) in [6.45, 7) is 4.09. The molecule has 4 aliphatic rings. The van der Waals surface area contributed by atoms with Crippen LogP contribution in [0, 0.1) is 5.92 Å². The van der Waals surface area contributed by atoms with Crippen molar-refractivity contribution in [2.75, 3.05) is 43.5 Å². The summed E-state index contributed by atoms with van der Waals surface area (Å²) in [6.07, 6.45) is 11.6. The number of benzene rings is 2. The number of pyridine rings is 1. The quantitative estimate of drug-likeness (QED) is 0.138. The molecule has 4 N–H and O–H groups in total. The predicted molar refractivity (Wildman–Crippen MR) is 215 cm³/mol. The maximum absolute atomic E-state index is 12.4. The first-order valence-corrected chi connectivity index (χ1v) is 19.8. The Kier molecular flexibility index (Phi) is 10.9. The number of hydrogen-bond acceptors (Lipinski definition) is 10. The van der Waals surface area contributed by atoms with E-state index in [1.54, 1.807) is 6.07 Å². The van der Waals surface area contributed by atoms with Crippen LogP contribution in [0.15, 0.2) is 67.0 Å². The molecule has 290 valence electrons. The zero-order chi connectivity index (χ0) is 38.8. The largest absolute Gasteiger partial charge is 0.493 e. The maximum Gasteiger partial charge on any atom is 0.269 e. The van der Waals surface area contributed by atoms with Crippen molar-refractivity contribution >= 4 is 52.2 Å². The average molecular weight is 776 g/mol. The first-order chi connectivity index (χ1) is 27.2.